The molecule has 0 amide bonds. The summed E-state index contributed by atoms with van der Waals surface area (Å²) >= 11 is 1.29. The predicted molar refractivity (Wildman–Crippen MR) is 118 cm³/mol. The number of thiazole rings is 1. The molecule has 168 valence electrons. The first-order chi connectivity index (χ1) is 15.9. The molecule has 0 fully saturated rings. The maximum Gasteiger partial charge on any atom is 0.358 e. The van der Waals surface area contributed by atoms with E-state index in [0.717, 1.165) is 5.56 Å². The van der Waals surface area contributed by atoms with E-state index < -0.39 is 17.0 Å². The lowest BCUT2D eigenvalue weighted by Gasteiger charge is -2.07. The zero-order chi connectivity index (χ0) is 23.4. The zero-order valence-corrected chi connectivity index (χ0v) is 18.4. The van der Waals surface area contributed by atoms with Gasteiger partial charge in [-0.2, -0.15) is 0 Å². The number of nitro groups is 1. The van der Waals surface area contributed by atoms with Gasteiger partial charge in [0.25, 0.3) is 11.6 Å². The van der Waals surface area contributed by atoms with Crippen molar-refractivity contribution < 1.29 is 23.6 Å². The Labute approximate surface area is 192 Å². The summed E-state index contributed by atoms with van der Waals surface area (Å²) < 4.78 is 16.6. The molecule has 11 heteroatoms. The Morgan fingerprint density at radius 3 is 2.58 bits per heavy atom. The number of esters is 1. The molecule has 2 aromatic heterocycles. The number of aromatic nitrogens is 3. The van der Waals surface area contributed by atoms with Gasteiger partial charge in [-0.15, -0.1) is 21.5 Å². The van der Waals surface area contributed by atoms with E-state index in [1.807, 2.05) is 31.2 Å². The molecular formula is C22H18N4O6S. The van der Waals surface area contributed by atoms with Crippen LogP contribution in [0.2, 0.25) is 0 Å². The third-order valence-electron chi connectivity index (χ3n) is 4.54. The van der Waals surface area contributed by atoms with Crippen molar-refractivity contribution in [1.29, 1.82) is 0 Å². The van der Waals surface area contributed by atoms with Crippen molar-refractivity contribution in [2.45, 2.75) is 26.6 Å². The molecule has 2 aromatic carbocycles. The van der Waals surface area contributed by atoms with E-state index in [1.54, 1.807) is 12.3 Å². The normalized spacial score (nSPS) is 11.7. The molecular weight excluding hydrogens is 448 g/mol. The van der Waals surface area contributed by atoms with Crippen LogP contribution < -0.4 is 4.74 Å². The van der Waals surface area contributed by atoms with Gasteiger partial charge in [-0.1, -0.05) is 17.7 Å². The summed E-state index contributed by atoms with van der Waals surface area (Å²) in [6, 6.07) is 13.3. The highest BCUT2D eigenvalue weighted by Gasteiger charge is 2.22. The highest BCUT2D eigenvalue weighted by Crippen LogP contribution is 2.25. The van der Waals surface area contributed by atoms with Crippen LogP contribution in [-0.2, 0) is 11.3 Å². The molecule has 0 aliphatic rings. The van der Waals surface area contributed by atoms with Crippen LogP contribution in [0.1, 0.15) is 40.0 Å². The summed E-state index contributed by atoms with van der Waals surface area (Å²) in [4.78, 5) is 27.0. The summed E-state index contributed by atoms with van der Waals surface area (Å²) in [6.45, 7) is 3.83. The molecule has 33 heavy (non-hydrogen) atoms. The molecule has 0 N–H and O–H groups in total. The van der Waals surface area contributed by atoms with Crippen molar-refractivity contribution in [2.75, 3.05) is 0 Å². The average molecular weight is 466 g/mol. The fraction of sp³-hybridized carbons (Fsp3) is 0.182. The second-order valence-corrected chi connectivity index (χ2v) is 7.97. The predicted octanol–water partition coefficient (Wildman–Crippen LogP) is 4.91. The van der Waals surface area contributed by atoms with Crippen molar-refractivity contribution in [2.24, 2.45) is 0 Å². The Bertz CT molecular complexity index is 1270. The zero-order valence-electron chi connectivity index (χ0n) is 17.6. The molecule has 0 saturated carbocycles. The Morgan fingerprint density at radius 1 is 1.15 bits per heavy atom. The van der Waals surface area contributed by atoms with Crippen LogP contribution in [0, 0.1) is 17.0 Å². The molecule has 0 radical (unpaired) electrons. The van der Waals surface area contributed by atoms with Crippen molar-refractivity contribution in [1.82, 2.24) is 15.2 Å². The van der Waals surface area contributed by atoms with E-state index in [9.17, 15) is 14.9 Å². The third kappa shape index (κ3) is 5.39. The number of hydrogen-bond donors (Lipinski definition) is 0. The summed E-state index contributed by atoms with van der Waals surface area (Å²) in [5.74, 6) is 0.339. The van der Waals surface area contributed by atoms with Crippen LogP contribution in [0.15, 0.2) is 58.3 Å². The smallest absolute Gasteiger partial charge is 0.358 e. The Kier molecular flexibility index (Phi) is 6.41. The van der Waals surface area contributed by atoms with Gasteiger partial charge in [0, 0.05) is 23.1 Å². The second kappa shape index (κ2) is 9.57. The van der Waals surface area contributed by atoms with E-state index in [-0.39, 0.29) is 29.8 Å². The first-order valence-corrected chi connectivity index (χ1v) is 10.7. The van der Waals surface area contributed by atoms with E-state index in [2.05, 4.69) is 15.2 Å². The molecule has 4 rings (SSSR count). The lowest BCUT2D eigenvalue weighted by molar-refractivity contribution is -0.384. The van der Waals surface area contributed by atoms with Gasteiger partial charge < -0.3 is 13.9 Å². The quantitative estimate of drug-likeness (QED) is 0.202. The number of carbonyl (C=O) groups is 1. The van der Waals surface area contributed by atoms with Crippen LogP contribution in [0.4, 0.5) is 5.69 Å². The fourth-order valence-electron chi connectivity index (χ4n) is 2.76. The molecule has 1 unspecified atom stereocenters. The molecule has 0 aliphatic carbocycles. The maximum atomic E-state index is 12.5. The van der Waals surface area contributed by atoms with Gasteiger partial charge in [0.05, 0.1) is 4.92 Å². The molecule has 1 atom stereocenters. The number of nitro benzene ring substituents is 1. The summed E-state index contributed by atoms with van der Waals surface area (Å²) in [7, 11) is 0. The second-order valence-electron chi connectivity index (χ2n) is 7.03. The number of carbonyl (C=O) groups excluding carboxylic acids is 1. The van der Waals surface area contributed by atoms with Crippen LogP contribution in [0.5, 0.6) is 5.75 Å². The third-order valence-corrected chi connectivity index (χ3v) is 5.36. The SMILES string of the molecule is Cc1ccc(OCc2nc(C(=O)OC(C)c3nnc(-c4ccc([N+](=O)[O-])cc4)o3)cs2)cc1. The Morgan fingerprint density at radius 2 is 1.88 bits per heavy atom. The van der Waals surface area contributed by atoms with Crippen LogP contribution in [0.3, 0.4) is 0 Å². The van der Waals surface area contributed by atoms with Gasteiger partial charge >= 0.3 is 5.97 Å². The monoisotopic (exact) mass is 466 g/mol. The first kappa shape index (κ1) is 22.1. The number of nitrogens with zero attached hydrogens (tertiary/aromatic N) is 4. The lowest BCUT2D eigenvalue weighted by Crippen LogP contribution is -2.10. The number of hydrogen-bond acceptors (Lipinski definition) is 10. The van der Waals surface area contributed by atoms with Crippen LogP contribution in [-0.4, -0.2) is 26.1 Å². The van der Waals surface area contributed by atoms with E-state index in [1.165, 1.54) is 35.6 Å². The van der Waals surface area contributed by atoms with Crippen molar-refractivity contribution in [3.8, 4) is 17.2 Å². The number of rotatable bonds is 8. The highest BCUT2D eigenvalue weighted by molar-refractivity contribution is 7.09. The number of aryl methyl sites for hydroxylation is 1. The Balaban J connectivity index is 1.35. The molecule has 0 spiro atoms. The van der Waals surface area contributed by atoms with Crippen LogP contribution >= 0.6 is 11.3 Å². The average Bonchev–Trinajstić information content (AvgIpc) is 3.49. The topological polar surface area (TPSA) is 130 Å². The number of benzene rings is 2. The summed E-state index contributed by atoms with van der Waals surface area (Å²) in [5.41, 5.74) is 1.75. The van der Waals surface area contributed by atoms with E-state index in [0.29, 0.717) is 16.3 Å². The van der Waals surface area contributed by atoms with Gasteiger partial charge in [0.15, 0.2) is 11.8 Å². The lowest BCUT2D eigenvalue weighted by atomic mass is 10.2. The minimum atomic E-state index is -0.814. The number of non-ortho nitro benzene ring substituents is 1. The molecule has 0 saturated heterocycles. The van der Waals surface area contributed by atoms with Crippen molar-refractivity contribution in [3.05, 3.63) is 86.2 Å². The van der Waals surface area contributed by atoms with E-state index in [4.69, 9.17) is 13.9 Å². The Hall–Kier alpha value is -4.12. The minimum Gasteiger partial charge on any atom is -0.486 e. The van der Waals surface area contributed by atoms with Crippen molar-refractivity contribution >= 4 is 23.0 Å². The summed E-state index contributed by atoms with van der Waals surface area (Å²) in [6.07, 6.45) is -0.814. The van der Waals surface area contributed by atoms with Gasteiger partial charge in [0.1, 0.15) is 17.4 Å². The largest absolute Gasteiger partial charge is 0.486 e. The highest BCUT2D eigenvalue weighted by atomic mass is 32.1. The number of ether oxygens (including phenoxy) is 2. The van der Waals surface area contributed by atoms with E-state index >= 15 is 0 Å². The molecule has 0 bridgehead atoms. The molecule has 0 aliphatic heterocycles. The first-order valence-electron chi connectivity index (χ1n) is 9.82. The standard InChI is InChI=1S/C22H18N4O6S/c1-13-3-9-17(10-4-13)30-11-19-23-18(12-33-19)22(27)31-14(2)20-24-25-21(32-20)15-5-7-16(8-6-15)26(28)29/h3-10,12,14H,11H2,1-2H3. The summed E-state index contributed by atoms with van der Waals surface area (Å²) in [5, 5.41) is 20.8. The minimum absolute atomic E-state index is 0.0484. The van der Waals surface area contributed by atoms with Gasteiger partial charge in [0.2, 0.25) is 5.89 Å². The molecule has 4 aromatic rings. The molecule has 2 heterocycles. The van der Waals surface area contributed by atoms with Gasteiger partial charge in [-0.25, -0.2) is 9.78 Å². The van der Waals surface area contributed by atoms with Crippen LogP contribution in [0.25, 0.3) is 11.5 Å². The van der Waals surface area contributed by atoms with Gasteiger partial charge in [-0.3, -0.25) is 10.1 Å². The van der Waals surface area contributed by atoms with Crippen molar-refractivity contribution in [3.63, 3.8) is 0 Å². The molecule has 10 nitrogen and oxygen atoms in total. The fourth-order valence-corrected chi connectivity index (χ4v) is 3.44. The maximum absolute atomic E-state index is 12.5. The van der Waals surface area contributed by atoms with Gasteiger partial charge in [-0.05, 0) is 38.1 Å².